The molecule has 1 aromatic heterocycles. The normalized spacial score (nSPS) is 12.4. The number of aliphatic hydroxyl groups is 1. The lowest BCUT2D eigenvalue weighted by Gasteiger charge is -2.14. The third-order valence-electron chi connectivity index (χ3n) is 2.28. The number of aromatic nitrogens is 1. The summed E-state index contributed by atoms with van der Waals surface area (Å²) in [6.07, 6.45) is 2.69. The minimum Gasteiger partial charge on any atom is -0.384 e. The third-order valence-corrected chi connectivity index (χ3v) is 3.54. The van der Waals surface area contributed by atoms with Gasteiger partial charge in [0, 0.05) is 26.9 Å². The lowest BCUT2D eigenvalue weighted by Crippen LogP contribution is -2.02. The van der Waals surface area contributed by atoms with Gasteiger partial charge in [-0.25, -0.2) is 0 Å². The maximum absolute atomic E-state index is 10.3. The van der Waals surface area contributed by atoms with Gasteiger partial charge in [0.2, 0.25) is 0 Å². The van der Waals surface area contributed by atoms with Gasteiger partial charge in [-0.2, -0.15) is 0 Å². The zero-order valence-electron chi connectivity index (χ0n) is 8.27. The molecule has 0 aliphatic carbocycles. The van der Waals surface area contributed by atoms with Crippen molar-refractivity contribution in [3.05, 3.63) is 62.8 Å². The van der Waals surface area contributed by atoms with Gasteiger partial charge in [0.1, 0.15) is 6.10 Å². The first-order chi connectivity index (χ1) is 7.70. The van der Waals surface area contributed by atoms with E-state index in [4.69, 9.17) is 0 Å². The van der Waals surface area contributed by atoms with E-state index in [1.165, 1.54) is 0 Å². The second kappa shape index (κ2) is 5.08. The Balaban J connectivity index is 2.46. The topological polar surface area (TPSA) is 33.1 Å². The molecule has 2 nitrogen and oxygen atoms in total. The molecule has 1 unspecified atom stereocenters. The number of benzene rings is 1. The molecular weight excluding hydrogens is 334 g/mol. The van der Waals surface area contributed by atoms with Gasteiger partial charge in [-0.3, -0.25) is 4.98 Å². The van der Waals surface area contributed by atoms with E-state index in [1.807, 2.05) is 30.3 Å². The monoisotopic (exact) mass is 341 g/mol. The molecular formula is C12H9Br2NO. The summed E-state index contributed by atoms with van der Waals surface area (Å²) < 4.78 is 1.58. The highest BCUT2D eigenvalue weighted by Crippen LogP contribution is 2.33. The quantitative estimate of drug-likeness (QED) is 0.902. The number of nitrogens with zero attached hydrogens (tertiary/aromatic N) is 1. The van der Waals surface area contributed by atoms with Crippen molar-refractivity contribution in [2.24, 2.45) is 0 Å². The van der Waals surface area contributed by atoms with E-state index in [2.05, 4.69) is 36.8 Å². The van der Waals surface area contributed by atoms with Crippen LogP contribution in [-0.4, -0.2) is 10.1 Å². The van der Waals surface area contributed by atoms with Crippen LogP contribution in [0.2, 0.25) is 0 Å². The molecule has 1 N–H and O–H groups in total. The second-order valence-corrected chi connectivity index (χ2v) is 5.04. The summed E-state index contributed by atoms with van der Waals surface area (Å²) in [7, 11) is 0. The Bertz CT molecular complexity index is 467. The van der Waals surface area contributed by atoms with Crippen LogP contribution in [0, 0.1) is 0 Å². The summed E-state index contributed by atoms with van der Waals surface area (Å²) in [4.78, 5) is 4.02. The molecule has 0 aliphatic heterocycles. The van der Waals surface area contributed by atoms with Crippen molar-refractivity contribution in [2.45, 2.75) is 6.10 Å². The number of hydrogen-bond acceptors (Lipinski definition) is 2. The molecule has 2 aromatic rings. The Kier molecular flexibility index (Phi) is 3.74. The van der Waals surface area contributed by atoms with Gasteiger partial charge in [0.15, 0.2) is 0 Å². The SMILES string of the molecule is OC(c1ccccc1)c1c(Br)cncc1Br. The minimum atomic E-state index is -0.659. The molecule has 1 aromatic carbocycles. The molecule has 0 spiro atoms. The highest BCUT2D eigenvalue weighted by atomic mass is 79.9. The molecule has 2 rings (SSSR count). The Morgan fingerprint density at radius 1 is 1.00 bits per heavy atom. The zero-order chi connectivity index (χ0) is 11.5. The molecule has 16 heavy (non-hydrogen) atoms. The van der Waals surface area contributed by atoms with Crippen LogP contribution in [0.4, 0.5) is 0 Å². The van der Waals surface area contributed by atoms with Crippen LogP contribution in [0.5, 0.6) is 0 Å². The lowest BCUT2D eigenvalue weighted by molar-refractivity contribution is 0.218. The Labute approximate surface area is 111 Å². The van der Waals surface area contributed by atoms with E-state index in [9.17, 15) is 5.11 Å². The highest BCUT2D eigenvalue weighted by Gasteiger charge is 2.16. The van der Waals surface area contributed by atoms with E-state index >= 15 is 0 Å². The molecule has 0 saturated heterocycles. The van der Waals surface area contributed by atoms with Crippen LogP contribution < -0.4 is 0 Å². The summed E-state index contributed by atoms with van der Waals surface area (Å²) in [5, 5.41) is 10.3. The van der Waals surface area contributed by atoms with Crippen LogP contribution in [-0.2, 0) is 0 Å². The van der Waals surface area contributed by atoms with Crippen LogP contribution in [0.1, 0.15) is 17.2 Å². The van der Waals surface area contributed by atoms with Gasteiger partial charge >= 0.3 is 0 Å². The molecule has 0 amide bonds. The van der Waals surface area contributed by atoms with E-state index in [-0.39, 0.29) is 0 Å². The lowest BCUT2D eigenvalue weighted by atomic mass is 10.0. The summed E-state index contributed by atoms with van der Waals surface area (Å²) in [5.74, 6) is 0. The summed E-state index contributed by atoms with van der Waals surface area (Å²) in [5.41, 5.74) is 1.65. The predicted octanol–water partition coefficient (Wildman–Crippen LogP) is 3.69. The zero-order valence-corrected chi connectivity index (χ0v) is 11.4. The van der Waals surface area contributed by atoms with Crippen molar-refractivity contribution >= 4 is 31.9 Å². The number of pyridine rings is 1. The van der Waals surface area contributed by atoms with Gasteiger partial charge < -0.3 is 5.11 Å². The fourth-order valence-electron chi connectivity index (χ4n) is 1.48. The second-order valence-electron chi connectivity index (χ2n) is 3.33. The number of hydrogen-bond donors (Lipinski definition) is 1. The van der Waals surface area contributed by atoms with E-state index in [0.29, 0.717) is 0 Å². The van der Waals surface area contributed by atoms with Crippen molar-refractivity contribution in [1.82, 2.24) is 4.98 Å². The molecule has 0 saturated carbocycles. The van der Waals surface area contributed by atoms with Gasteiger partial charge in [-0.05, 0) is 37.4 Å². The number of rotatable bonds is 2. The van der Waals surface area contributed by atoms with Crippen molar-refractivity contribution < 1.29 is 5.11 Å². The smallest absolute Gasteiger partial charge is 0.106 e. The Morgan fingerprint density at radius 3 is 2.12 bits per heavy atom. The maximum Gasteiger partial charge on any atom is 0.106 e. The molecule has 1 heterocycles. The fraction of sp³-hybridized carbons (Fsp3) is 0.0833. The van der Waals surface area contributed by atoms with E-state index < -0.39 is 6.10 Å². The van der Waals surface area contributed by atoms with Crippen LogP contribution >= 0.6 is 31.9 Å². The molecule has 4 heteroatoms. The summed E-state index contributed by atoms with van der Waals surface area (Å²) >= 11 is 6.78. The van der Waals surface area contributed by atoms with Gasteiger partial charge in [0.25, 0.3) is 0 Å². The molecule has 0 bridgehead atoms. The van der Waals surface area contributed by atoms with Gasteiger partial charge in [0.05, 0.1) is 0 Å². The number of halogens is 2. The Morgan fingerprint density at radius 2 is 1.56 bits per heavy atom. The van der Waals surface area contributed by atoms with E-state index in [1.54, 1.807) is 12.4 Å². The van der Waals surface area contributed by atoms with Crippen LogP contribution in [0.15, 0.2) is 51.7 Å². The molecule has 0 fully saturated rings. The average Bonchev–Trinajstić information content (AvgIpc) is 2.30. The van der Waals surface area contributed by atoms with Crippen molar-refractivity contribution in [3.8, 4) is 0 Å². The predicted molar refractivity (Wildman–Crippen MR) is 70.1 cm³/mol. The van der Waals surface area contributed by atoms with Gasteiger partial charge in [-0.15, -0.1) is 0 Å². The van der Waals surface area contributed by atoms with Crippen molar-refractivity contribution in [3.63, 3.8) is 0 Å². The Hall–Kier alpha value is -0.710. The fourth-order valence-corrected chi connectivity index (χ4v) is 2.85. The highest BCUT2D eigenvalue weighted by molar-refractivity contribution is 9.11. The average molecular weight is 343 g/mol. The van der Waals surface area contributed by atoms with Crippen LogP contribution in [0.3, 0.4) is 0 Å². The molecule has 0 aliphatic rings. The van der Waals surface area contributed by atoms with E-state index in [0.717, 1.165) is 20.1 Å². The molecule has 0 radical (unpaired) electrons. The first-order valence-corrected chi connectivity index (χ1v) is 6.30. The maximum atomic E-state index is 10.3. The molecule has 1 atom stereocenters. The minimum absolute atomic E-state index is 0.659. The van der Waals surface area contributed by atoms with Crippen molar-refractivity contribution in [2.75, 3.05) is 0 Å². The van der Waals surface area contributed by atoms with Crippen molar-refractivity contribution in [1.29, 1.82) is 0 Å². The standard InChI is InChI=1S/C12H9Br2NO/c13-9-6-15-7-10(14)11(9)12(16)8-4-2-1-3-5-8/h1-7,12,16H. The van der Waals surface area contributed by atoms with Crippen LogP contribution in [0.25, 0.3) is 0 Å². The third kappa shape index (κ3) is 2.34. The summed E-state index contributed by atoms with van der Waals surface area (Å²) in [6.45, 7) is 0. The molecule has 82 valence electrons. The number of aliphatic hydroxyl groups excluding tert-OH is 1. The van der Waals surface area contributed by atoms with Gasteiger partial charge in [-0.1, -0.05) is 30.3 Å². The first kappa shape index (κ1) is 11.8. The largest absolute Gasteiger partial charge is 0.384 e. The first-order valence-electron chi connectivity index (χ1n) is 4.72. The summed E-state index contributed by atoms with van der Waals surface area (Å²) in [6, 6.07) is 9.52.